The summed E-state index contributed by atoms with van der Waals surface area (Å²) >= 11 is 0. The van der Waals surface area contributed by atoms with Gasteiger partial charge >= 0.3 is 0 Å². The zero-order valence-corrected chi connectivity index (χ0v) is 29.2. The molecule has 0 spiro atoms. The molecule has 1 rings (SSSR count). The Morgan fingerprint density at radius 3 is 1.07 bits per heavy atom. The lowest BCUT2D eigenvalue weighted by molar-refractivity contribution is -0.129. The second-order valence-electron chi connectivity index (χ2n) is 13.3. The molecule has 0 bridgehead atoms. The maximum absolute atomic E-state index is 12.8. The van der Waals surface area contributed by atoms with Crippen molar-refractivity contribution in [2.75, 3.05) is 26.2 Å². The topological polar surface area (TPSA) is 168 Å². The van der Waals surface area contributed by atoms with Crippen molar-refractivity contribution in [3.63, 3.8) is 0 Å². The van der Waals surface area contributed by atoms with Crippen LogP contribution in [0.1, 0.15) is 167 Å². The molecule has 4 amide bonds. The van der Waals surface area contributed by atoms with Crippen LogP contribution in [0.4, 0.5) is 0 Å². The summed E-state index contributed by atoms with van der Waals surface area (Å²) in [4.78, 5) is 50.9. The van der Waals surface area contributed by atoms with E-state index in [1.165, 1.54) is 25.7 Å². The molecular formula is C36H70N6O4. The number of carbonyl (C=O) groups excluding carboxylic acids is 4. The predicted octanol–water partition coefficient (Wildman–Crippen LogP) is 5.26. The number of nitrogens with one attached hydrogen (secondary N) is 4. The lowest BCUT2D eigenvalue weighted by atomic mass is 10.0. The van der Waals surface area contributed by atoms with Crippen LogP contribution in [-0.2, 0) is 19.2 Å². The molecule has 10 nitrogen and oxygen atoms in total. The second kappa shape index (κ2) is 30.2. The lowest BCUT2D eigenvalue weighted by Crippen LogP contribution is -2.47. The third-order valence-electron chi connectivity index (χ3n) is 8.96. The summed E-state index contributed by atoms with van der Waals surface area (Å²) in [5.41, 5.74) is 11.3. The molecule has 2 atom stereocenters. The lowest BCUT2D eigenvalue weighted by Gasteiger charge is -2.18. The molecule has 268 valence electrons. The summed E-state index contributed by atoms with van der Waals surface area (Å²) in [7, 11) is 0. The van der Waals surface area contributed by atoms with Crippen LogP contribution < -0.4 is 32.7 Å². The van der Waals surface area contributed by atoms with Gasteiger partial charge in [0.2, 0.25) is 23.6 Å². The van der Waals surface area contributed by atoms with Crippen LogP contribution in [0.5, 0.6) is 0 Å². The fourth-order valence-electron chi connectivity index (χ4n) is 6.02. The van der Waals surface area contributed by atoms with Gasteiger partial charge in [0, 0.05) is 25.9 Å². The molecule has 0 radical (unpaired) electrons. The summed E-state index contributed by atoms with van der Waals surface area (Å²) in [6, 6.07) is -0.953. The quantitative estimate of drug-likeness (QED) is 0.196. The van der Waals surface area contributed by atoms with Crippen LogP contribution in [0.3, 0.4) is 0 Å². The summed E-state index contributed by atoms with van der Waals surface area (Å²) in [6.07, 6.45) is 24.8. The third-order valence-corrected chi connectivity index (χ3v) is 8.96. The van der Waals surface area contributed by atoms with Gasteiger partial charge in [-0.25, -0.2) is 0 Å². The standard InChI is InChI=1S/C36H70N6O4/c37-27-19-17-23-31-35(45)39-29-21-13-9-5-1-3-7-11-15-25-33(43)41-32(24-18-20-28-38)36(46)40-30-22-14-10-6-2-4-8-12-16-26-34(44)42-31/h31-32H,1-30,37-38H2,(H,39,45)(H,40,46)(H,41,43)(H,42,44). The van der Waals surface area contributed by atoms with Crippen molar-refractivity contribution >= 4 is 23.6 Å². The van der Waals surface area contributed by atoms with E-state index in [1.807, 2.05) is 0 Å². The van der Waals surface area contributed by atoms with E-state index < -0.39 is 12.1 Å². The molecule has 1 fully saturated rings. The van der Waals surface area contributed by atoms with Gasteiger partial charge in [0.05, 0.1) is 0 Å². The molecule has 8 N–H and O–H groups in total. The van der Waals surface area contributed by atoms with Gasteiger partial charge in [-0.1, -0.05) is 89.9 Å². The van der Waals surface area contributed by atoms with E-state index >= 15 is 0 Å². The number of carbonyl (C=O) groups is 4. The average molecular weight is 651 g/mol. The van der Waals surface area contributed by atoms with Crippen molar-refractivity contribution < 1.29 is 19.2 Å². The fourth-order valence-corrected chi connectivity index (χ4v) is 6.02. The first-order valence-corrected chi connectivity index (χ1v) is 19.0. The Labute approximate surface area is 280 Å². The van der Waals surface area contributed by atoms with Crippen LogP contribution in [0.25, 0.3) is 0 Å². The van der Waals surface area contributed by atoms with E-state index in [0.29, 0.717) is 51.9 Å². The number of hydrogen-bond acceptors (Lipinski definition) is 6. The summed E-state index contributed by atoms with van der Waals surface area (Å²) < 4.78 is 0. The van der Waals surface area contributed by atoms with Crippen molar-refractivity contribution in [3.05, 3.63) is 0 Å². The Hall–Kier alpha value is -2.20. The fraction of sp³-hybridized carbons (Fsp3) is 0.889. The van der Waals surface area contributed by atoms with Crippen LogP contribution in [-0.4, -0.2) is 61.9 Å². The van der Waals surface area contributed by atoms with Gasteiger partial charge in [-0.2, -0.15) is 0 Å². The van der Waals surface area contributed by atoms with Crippen molar-refractivity contribution in [3.8, 4) is 0 Å². The molecule has 0 saturated carbocycles. The smallest absolute Gasteiger partial charge is 0.242 e. The van der Waals surface area contributed by atoms with Crippen LogP contribution in [0.2, 0.25) is 0 Å². The van der Waals surface area contributed by atoms with Crippen LogP contribution in [0.15, 0.2) is 0 Å². The van der Waals surface area contributed by atoms with Gasteiger partial charge in [0.25, 0.3) is 0 Å². The monoisotopic (exact) mass is 651 g/mol. The summed E-state index contributed by atoms with van der Waals surface area (Å²) in [5, 5.41) is 12.1. The summed E-state index contributed by atoms with van der Waals surface area (Å²) in [5.74, 6) is -0.213. The molecule has 1 saturated heterocycles. The normalized spacial score (nSPS) is 23.1. The number of amides is 4. The predicted molar refractivity (Wildman–Crippen MR) is 188 cm³/mol. The van der Waals surface area contributed by atoms with E-state index in [4.69, 9.17) is 11.5 Å². The Morgan fingerprint density at radius 1 is 0.435 bits per heavy atom. The number of nitrogens with two attached hydrogens (primary N) is 2. The van der Waals surface area contributed by atoms with Gasteiger partial charge in [-0.3, -0.25) is 19.2 Å². The summed E-state index contributed by atoms with van der Waals surface area (Å²) in [6.45, 7) is 2.46. The van der Waals surface area contributed by atoms with Gasteiger partial charge < -0.3 is 32.7 Å². The molecule has 1 aliphatic heterocycles. The van der Waals surface area contributed by atoms with Crippen molar-refractivity contribution in [2.24, 2.45) is 11.5 Å². The molecule has 10 heteroatoms. The van der Waals surface area contributed by atoms with Crippen LogP contribution in [0, 0.1) is 0 Å². The zero-order chi connectivity index (χ0) is 33.5. The van der Waals surface area contributed by atoms with E-state index in [-0.39, 0.29) is 23.6 Å². The Kier molecular flexibility index (Phi) is 27.4. The second-order valence-corrected chi connectivity index (χ2v) is 13.3. The van der Waals surface area contributed by atoms with Crippen molar-refractivity contribution in [2.45, 2.75) is 179 Å². The number of unbranched alkanes of at least 4 members (excludes halogenated alkanes) is 2. The Balaban J connectivity index is 2.53. The van der Waals surface area contributed by atoms with E-state index in [9.17, 15) is 19.2 Å². The highest BCUT2D eigenvalue weighted by Gasteiger charge is 2.21. The molecule has 0 aromatic carbocycles. The molecule has 1 heterocycles. The minimum atomic E-state index is -0.477. The maximum atomic E-state index is 12.8. The van der Waals surface area contributed by atoms with Gasteiger partial charge in [-0.05, 0) is 77.3 Å². The highest BCUT2D eigenvalue weighted by atomic mass is 16.2. The van der Waals surface area contributed by atoms with Crippen LogP contribution >= 0.6 is 0 Å². The van der Waals surface area contributed by atoms with Crippen molar-refractivity contribution in [1.29, 1.82) is 0 Å². The molecule has 1 aliphatic rings. The zero-order valence-electron chi connectivity index (χ0n) is 29.2. The number of hydrogen-bond donors (Lipinski definition) is 6. The first-order valence-electron chi connectivity index (χ1n) is 19.0. The molecule has 2 unspecified atom stereocenters. The van der Waals surface area contributed by atoms with Gasteiger partial charge in [-0.15, -0.1) is 0 Å². The van der Waals surface area contributed by atoms with Crippen molar-refractivity contribution in [1.82, 2.24) is 21.3 Å². The Bertz CT molecular complexity index is 732. The van der Waals surface area contributed by atoms with Gasteiger partial charge in [0.15, 0.2) is 0 Å². The third kappa shape index (κ3) is 24.0. The first kappa shape index (κ1) is 41.8. The first-order chi connectivity index (χ1) is 22.5. The number of rotatable bonds is 8. The average Bonchev–Trinajstić information content (AvgIpc) is 3.04. The van der Waals surface area contributed by atoms with E-state index in [2.05, 4.69) is 21.3 Å². The molecular weight excluding hydrogens is 580 g/mol. The largest absolute Gasteiger partial charge is 0.354 e. The van der Waals surface area contributed by atoms with E-state index in [1.54, 1.807) is 0 Å². The highest BCUT2D eigenvalue weighted by molar-refractivity contribution is 5.88. The SMILES string of the molecule is NCCCCC1NC(=O)CCCCCCCCCCCNC(=O)C(CCCCN)NC(=O)CCCCCCCCCCCNC1=O. The minimum Gasteiger partial charge on any atom is -0.354 e. The maximum Gasteiger partial charge on any atom is 0.242 e. The highest BCUT2D eigenvalue weighted by Crippen LogP contribution is 2.13. The Morgan fingerprint density at radius 2 is 0.739 bits per heavy atom. The van der Waals surface area contributed by atoms with Gasteiger partial charge in [0.1, 0.15) is 12.1 Å². The molecule has 46 heavy (non-hydrogen) atoms. The molecule has 0 aromatic heterocycles. The van der Waals surface area contributed by atoms with E-state index in [0.717, 1.165) is 116 Å². The molecule has 0 aliphatic carbocycles. The minimum absolute atomic E-state index is 0.0322. The molecule has 0 aromatic rings.